The maximum Gasteiger partial charge on any atom is 0.415 e. The third kappa shape index (κ3) is 2.18. The summed E-state index contributed by atoms with van der Waals surface area (Å²) in [6.45, 7) is 2.05. The summed E-state index contributed by atoms with van der Waals surface area (Å²) in [7, 11) is 0. The number of hydrogen-bond donors (Lipinski definition) is 0. The van der Waals surface area contributed by atoms with Crippen LogP contribution < -0.4 is 4.90 Å². The van der Waals surface area contributed by atoms with Crippen LogP contribution in [0.5, 0.6) is 0 Å². The summed E-state index contributed by atoms with van der Waals surface area (Å²) in [5.74, 6) is 0.661. The van der Waals surface area contributed by atoms with Crippen molar-refractivity contribution in [3.8, 4) is 16.9 Å². The van der Waals surface area contributed by atoms with Crippen LogP contribution in [0.2, 0.25) is 0 Å². The second kappa shape index (κ2) is 5.62. The van der Waals surface area contributed by atoms with Crippen LogP contribution in [0.15, 0.2) is 42.9 Å². The Kier molecular flexibility index (Phi) is 3.24. The first kappa shape index (κ1) is 15.0. The molecule has 0 radical (unpaired) electrons. The minimum Gasteiger partial charge on any atom is -0.444 e. The largest absolute Gasteiger partial charge is 0.444 e. The van der Waals surface area contributed by atoms with Crippen LogP contribution >= 0.6 is 0 Å². The van der Waals surface area contributed by atoms with Gasteiger partial charge in [-0.1, -0.05) is 13.0 Å². The normalized spacial score (nSPS) is 20.8. The van der Waals surface area contributed by atoms with Gasteiger partial charge in [0.15, 0.2) is 5.82 Å². The third-order valence-electron chi connectivity index (χ3n) is 5.05. The van der Waals surface area contributed by atoms with E-state index in [0.717, 1.165) is 29.7 Å². The molecule has 8 heteroatoms. The van der Waals surface area contributed by atoms with Crippen molar-refractivity contribution in [2.45, 2.75) is 31.9 Å². The van der Waals surface area contributed by atoms with E-state index in [1.165, 1.54) is 16.6 Å². The average molecular weight is 348 g/mol. The number of ether oxygens (including phenoxy) is 1. The second-order valence-electron chi connectivity index (χ2n) is 6.47. The Bertz CT molecular complexity index is 970. The molecule has 8 nitrogen and oxygen atoms in total. The van der Waals surface area contributed by atoms with Crippen LogP contribution in [0.25, 0.3) is 16.9 Å². The molecule has 0 N–H and O–H groups in total. The van der Waals surface area contributed by atoms with Crippen LogP contribution in [-0.2, 0) is 11.2 Å². The maximum absolute atomic E-state index is 12.2. The van der Waals surface area contributed by atoms with Crippen LogP contribution in [-0.4, -0.2) is 43.4 Å². The Labute approximate surface area is 149 Å². The first-order chi connectivity index (χ1) is 12.7. The monoisotopic (exact) mass is 348 g/mol. The number of carbonyl (C=O) groups is 1. The molecule has 3 aromatic rings. The smallest absolute Gasteiger partial charge is 0.415 e. The number of benzene rings is 1. The van der Waals surface area contributed by atoms with Crippen LogP contribution in [0.3, 0.4) is 0 Å². The van der Waals surface area contributed by atoms with Gasteiger partial charge < -0.3 is 4.74 Å². The standard InChI is InChI=1S/C18H16N6O2/c1-2-16-15-8-13-7-11(3-5-14(13)24(15)18(25)26-16)12-4-6-17(19-9-12)23-10-20-21-22-23/h3-7,9-10,15-16H,2,8H2,1H3/t15-,16-/m0/s1. The first-order valence-electron chi connectivity index (χ1n) is 8.57. The van der Waals surface area contributed by atoms with E-state index in [2.05, 4.69) is 26.6 Å². The molecule has 130 valence electrons. The molecule has 0 bridgehead atoms. The minimum absolute atomic E-state index is 0.0319. The lowest BCUT2D eigenvalue weighted by atomic mass is 10.0. The number of anilines is 1. The van der Waals surface area contributed by atoms with E-state index in [0.29, 0.717) is 5.82 Å². The summed E-state index contributed by atoms with van der Waals surface area (Å²) < 4.78 is 6.97. The Morgan fingerprint density at radius 3 is 2.85 bits per heavy atom. The predicted molar refractivity (Wildman–Crippen MR) is 92.9 cm³/mol. The van der Waals surface area contributed by atoms with Crippen LogP contribution in [0.4, 0.5) is 10.5 Å². The minimum atomic E-state index is -0.235. The van der Waals surface area contributed by atoms with Gasteiger partial charge in [-0.3, -0.25) is 4.90 Å². The van der Waals surface area contributed by atoms with Crippen LogP contribution in [0, 0.1) is 0 Å². The molecule has 1 saturated heterocycles. The summed E-state index contributed by atoms with van der Waals surface area (Å²) in [6.07, 6.45) is 4.70. The lowest BCUT2D eigenvalue weighted by molar-refractivity contribution is 0.129. The highest BCUT2D eigenvalue weighted by molar-refractivity contribution is 5.94. The highest BCUT2D eigenvalue weighted by atomic mass is 16.6. The van der Waals surface area contributed by atoms with E-state index in [1.54, 1.807) is 11.1 Å². The second-order valence-corrected chi connectivity index (χ2v) is 6.47. The number of fused-ring (bicyclic) bond motifs is 3. The van der Waals surface area contributed by atoms with Gasteiger partial charge in [-0.2, -0.15) is 4.68 Å². The molecule has 0 aliphatic carbocycles. The molecule has 4 heterocycles. The Balaban J connectivity index is 1.46. The van der Waals surface area contributed by atoms with Gasteiger partial charge in [0.1, 0.15) is 12.4 Å². The fraction of sp³-hybridized carbons (Fsp3) is 0.278. The first-order valence-corrected chi connectivity index (χ1v) is 8.57. The quantitative estimate of drug-likeness (QED) is 0.722. The molecular weight excluding hydrogens is 332 g/mol. The summed E-state index contributed by atoms with van der Waals surface area (Å²) >= 11 is 0. The lowest BCUT2D eigenvalue weighted by Gasteiger charge is -2.15. The van der Waals surface area contributed by atoms with Crippen LogP contribution in [0.1, 0.15) is 18.9 Å². The molecular formula is C18H16N6O2. The maximum atomic E-state index is 12.2. The Morgan fingerprint density at radius 1 is 1.23 bits per heavy atom. The summed E-state index contributed by atoms with van der Waals surface area (Å²) in [4.78, 5) is 18.4. The van der Waals surface area contributed by atoms with Crippen molar-refractivity contribution in [1.82, 2.24) is 25.2 Å². The molecule has 0 unspecified atom stereocenters. The molecule has 1 amide bonds. The van der Waals surface area contributed by atoms with Gasteiger partial charge in [0.2, 0.25) is 0 Å². The molecule has 2 atom stereocenters. The van der Waals surface area contributed by atoms with Crippen molar-refractivity contribution in [2.24, 2.45) is 0 Å². The van der Waals surface area contributed by atoms with Gasteiger partial charge in [0, 0.05) is 11.8 Å². The van der Waals surface area contributed by atoms with Crippen molar-refractivity contribution >= 4 is 11.8 Å². The summed E-state index contributed by atoms with van der Waals surface area (Å²) in [5, 5.41) is 11.1. The van der Waals surface area contributed by atoms with Crippen molar-refractivity contribution in [3.05, 3.63) is 48.4 Å². The number of hydrogen-bond acceptors (Lipinski definition) is 6. The molecule has 0 spiro atoms. The van der Waals surface area contributed by atoms with Crippen molar-refractivity contribution in [2.75, 3.05) is 4.90 Å². The van der Waals surface area contributed by atoms with Crippen molar-refractivity contribution < 1.29 is 9.53 Å². The molecule has 2 aromatic heterocycles. The fourth-order valence-corrected chi connectivity index (χ4v) is 3.77. The van der Waals surface area contributed by atoms with E-state index in [1.807, 2.05) is 31.2 Å². The number of rotatable bonds is 3. The number of aromatic nitrogens is 5. The molecule has 0 saturated carbocycles. The number of cyclic esters (lactones) is 1. The highest BCUT2D eigenvalue weighted by Crippen LogP contribution is 2.41. The number of carbonyl (C=O) groups excluding carboxylic acids is 1. The predicted octanol–water partition coefficient (Wildman–Crippen LogP) is 2.38. The van der Waals surface area contributed by atoms with E-state index in [-0.39, 0.29) is 18.2 Å². The summed E-state index contributed by atoms with van der Waals surface area (Å²) in [6, 6.07) is 10.1. The molecule has 2 aliphatic rings. The number of tetrazole rings is 1. The molecule has 2 aliphatic heterocycles. The number of nitrogens with zero attached hydrogens (tertiary/aromatic N) is 6. The Hall–Kier alpha value is -3.29. The summed E-state index contributed by atoms with van der Waals surface area (Å²) in [5.41, 5.74) is 4.21. The van der Waals surface area contributed by atoms with Gasteiger partial charge >= 0.3 is 6.09 Å². The van der Waals surface area contributed by atoms with Gasteiger partial charge in [-0.25, -0.2) is 9.78 Å². The zero-order chi connectivity index (χ0) is 17.7. The van der Waals surface area contributed by atoms with Crippen molar-refractivity contribution in [3.63, 3.8) is 0 Å². The van der Waals surface area contributed by atoms with E-state index < -0.39 is 0 Å². The number of amides is 1. The zero-order valence-electron chi connectivity index (χ0n) is 14.1. The van der Waals surface area contributed by atoms with Gasteiger partial charge in [0.05, 0.1) is 11.7 Å². The van der Waals surface area contributed by atoms with E-state index >= 15 is 0 Å². The average Bonchev–Trinajstić information content (AvgIpc) is 3.38. The third-order valence-corrected chi connectivity index (χ3v) is 5.05. The fourth-order valence-electron chi connectivity index (χ4n) is 3.77. The molecule has 1 fully saturated rings. The van der Waals surface area contributed by atoms with Gasteiger partial charge in [-0.15, -0.1) is 5.10 Å². The molecule has 5 rings (SSSR count). The number of pyridine rings is 1. The SMILES string of the molecule is CC[C@@H]1OC(=O)N2c3ccc(-c4ccc(-n5cnnn5)nc4)cc3C[C@@H]12. The lowest BCUT2D eigenvalue weighted by Crippen LogP contribution is -2.32. The van der Waals surface area contributed by atoms with Gasteiger partial charge in [0.25, 0.3) is 0 Å². The molecule has 26 heavy (non-hydrogen) atoms. The van der Waals surface area contributed by atoms with E-state index in [9.17, 15) is 4.79 Å². The topological polar surface area (TPSA) is 86.0 Å². The Morgan fingerprint density at radius 2 is 2.12 bits per heavy atom. The van der Waals surface area contributed by atoms with E-state index in [4.69, 9.17) is 4.74 Å². The van der Waals surface area contributed by atoms with Gasteiger partial charge in [-0.05, 0) is 58.7 Å². The highest BCUT2D eigenvalue weighted by Gasteiger charge is 2.46. The molecule has 1 aromatic carbocycles. The van der Waals surface area contributed by atoms with Crippen molar-refractivity contribution in [1.29, 1.82) is 0 Å². The zero-order valence-corrected chi connectivity index (χ0v) is 14.1.